The number of anilines is 1. The number of carbonyl (C=O) groups is 1. The topological polar surface area (TPSA) is 32.3 Å². The minimum absolute atomic E-state index is 0.0862. The fourth-order valence-electron chi connectivity index (χ4n) is 3.65. The standard InChI is InChI=1S/C20H26BClF3N2O/c1-13(2)18(19(28)26-15-8-4-3-5-9-15)27(17(21)12-22)16-10-6-7-14(11-16)20(23,24)25/h6-7,10-11,13,15,18H,3-5,8-9,12H2,1-2H3,(H,26,28). The molecule has 0 heterocycles. The van der Waals surface area contributed by atoms with Gasteiger partial charge >= 0.3 is 170 Å². The maximum absolute atomic E-state index is 13.2. The molecule has 1 aromatic carbocycles. The molecule has 153 valence electrons. The Morgan fingerprint density at radius 2 is 1.93 bits per heavy atom. The molecular formula is C20H26BClF3N2O. The summed E-state index contributed by atoms with van der Waals surface area (Å²) in [5.74, 6) is -0.539. The monoisotopic (exact) mass is 413 g/mol. The van der Waals surface area contributed by atoms with Crippen molar-refractivity contribution in [3.8, 4) is 0 Å². The van der Waals surface area contributed by atoms with Crippen LogP contribution in [0.25, 0.3) is 0 Å². The zero-order valence-corrected chi connectivity index (χ0v) is 17.0. The summed E-state index contributed by atoms with van der Waals surface area (Å²) < 4.78 is 39.5. The van der Waals surface area contributed by atoms with Crippen LogP contribution >= 0.6 is 11.6 Å². The molecule has 8 heteroatoms. The number of carbonyl (C=O) groups excluding carboxylic acids is 1. The van der Waals surface area contributed by atoms with Gasteiger partial charge in [0.15, 0.2) is 0 Å². The molecule has 3 nitrogen and oxygen atoms in total. The Morgan fingerprint density at radius 1 is 1.29 bits per heavy atom. The molecule has 1 aliphatic carbocycles. The number of rotatable bonds is 7. The van der Waals surface area contributed by atoms with E-state index in [9.17, 15) is 18.0 Å². The van der Waals surface area contributed by atoms with Crippen molar-refractivity contribution in [2.45, 2.75) is 64.2 Å². The van der Waals surface area contributed by atoms with Crippen LogP contribution in [-0.4, -0.2) is 36.9 Å². The van der Waals surface area contributed by atoms with Gasteiger partial charge in [-0.1, -0.05) is 0 Å². The molecule has 0 saturated heterocycles. The Morgan fingerprint density at radius 3 is 2.46 bits per heavy atom. The molecule has 1 N–H and O–H groups in total. The predicted octanol–water partition coefficient (Wildman–Crippen LogP) is 4.52. The second-order valence-electron chi connectivity index (χ2n) is 7.58. The molecule has 1 fully saturated rings. The first kappa shape index (κ1) is 22.8. The number of nitrogens with zero attached hydrogens (tertiary/aromatic N) is 1. The molecule has 28 heavy (non-hydrogen) atoms. The van der Waals surface area contributed by atoms with Crippen LogP contribution in [0.5, 0.6) is 0 Å². The van der Waals surface area contributed by atoms with E-state index in [1.54, 1.807) is 0 Å². The summed E-state index contributed by atoms with van der Waals surface area (Å²) in [6, 6.07) is 4.14. The van der Waals surface area contributed by atoms with Gasteiger partial charge in [0.05, 0.1) is 0 Å². The molecule has 0 bridgehead atoms. The van der Waals surface area contributed by atoms with Crippen molar-refractivity contribution >= 4 is 36.3 Å². The van der Waals surface area contributed by atoms with Gasteiger partial charge in [0.2, 0.25) is 0 Å². The zero-order chi connectivity index (χ0) is 20.9. The number of halogens is 4. The number of hydrogen-bond donors (Lipinski definition) is 1. The van der Waals surface area contributed by atoms with E-state index < -0.39 is 17.8 Å². The van der Waals surface area contributed by atoms with Crippen molar-refractivity contribution in [1.29, 1.82) is 0 Å². The van der Waals surface area contributed by atoms with Crippen LogP contribution in [-0.2, 0) is 11.0 Å². The summed E-state index contributed by atoms with van der Waals surface area (Å²) in [5, 5.41) is 3.06. The Labute approximate surface area is 170 Å². The quantitative estimate of drug-likeness (QED) is 0.526. The van der Waals surface area contributed by atoms with Crippen molar-refractivity contribution in [3.05, 3.63) is 29.8 Å². The van der Waals surface area contributed by atoms with E-state index in [1.165, 1.54) is 17.0 Å². The molecule has 0 spiro atoms. The first-order valence-corrected chi connectivity index (χ1v) is 10.1. The van der Waals surface area contributed by atoms with Crippen LogP contribution < -0.4 is 10.2 Å². The van der Waals surface area contributed by atoms with E-state index in [4.69, 9.17) is 19.1 Å². The van der Waals surface area contributed by atoms with Gasteiger partial charge in [0.1, 0.15) is 0 Å². The van der Waals surface area contributed by atoms with E-state index in [1.807, 2.05) is 13.8 Å². The van der Waals surface area contributed by atoms with Crippen LogP contribution in [0, 0.1) is 5.92 Å². The van der Waals surface area contributed by atoms with E-state index in [2.05, 4.69) is 5.32 Å². The predicted molar refractivity (Wildman–Crippen MR) is 109 cm³/mol. The van der Waals surface area contributed by atoms with Gasteiger partial charge in [-0.05, 0) is 0 Å². The molecule has 1 aliphatic rings. The van der Waals surface area contributed by atoms with E-state index in [0.717, 1.165) is 44.2 Å². The van der Waals surface area contributed by atoms with Crippen LogP contribution in [0.15, 0.2) is 24.3 Å². The summed E-state index contributed by atoms with van der Waals surface area (Å²) in [6.07, 6.45) is 0.608. The third kappa shape index (κ3) is 5.75. The van der Waals surface area contributed by atoms with Gasteiger partial charge in [-0.25, -0.2) is 0 Å². The molecule has 0 aromatic heterocycles. The van der Waals surface area contributed by atoms with Gasteiger partial charge in [-0.3, -0.25) is 0 Å². The second-order valence-corrected chi connectivity index (χ2v) is 7.84. The minimum atomic E-state index is -4.49. The van der Waals surface area contributed by atoms with E-state index in [0.29, 0.717) is 0 Å². The molecule has 1 amide bonds. The average molecular weight is 414 g/mol. The SMILES string of the molecule is [B]=C(CCl)N(c1cccc(C(F)(F)F)c1)C(C(=O)NC1CCCCC1)C(C)C. The molecule has 1 atom stereocenters. The van der Waals surface area contributed by atoms with Gasteiger partial charge in [-0.15, -0.1) is 0 Å². The van der Waals surface area contributed by atoms with Crippen LogP contribution in [0.3, 0.4) is 0 Å². The molecule has 0 aliphatic heterocycles. The third-order valence-electron chi connectivity index (χ3n) is 5.03. The van der Waals surface area contributed by atoms with Crippen molar-refractivity contribution < 1.29 is 18.0 Å². The number of nitrogens with one attached hydrogen (secondary N) is 1. The van der Waals surface area contributed by atoms with Crippen molar-refractivity contribution in [3.63, 3.8) is 0 Å². The average Bonchev–Trinajstić information content (AvgIpc) is 2.65. The van der Waals surface area contributed by atoms with E-state index >= 15 is 0 Å². The second kappa shape index (κ2) is 9.81. The number of amides is 1. The Bertz CT molecular complexity index is 690. The van der Waals surface area contributed by atoms with Gasteiger partial charge < -0.3 is 0 Å². The van der Waals surface area contributed by atoms with Crippen molar-refractivity contribution in [2.75, 3.05) is 10.8 Å². The first-order chi connectivity index (χ1) is 13.1. The summed E-state index contributed by atoms with van der Waals surface area (Å²) in [7, 11) is 6.07. The van der Waals surface area contributed by atoms with E-state index in [-0.39, 0.29) is 35.0 Å². The molecular weight excluding hydrogens is 387 g/mol. The first-order valence-electron chi connectivity index (χ1n) is 9.59. The van der Waals surface area contributed by atoms with Crippen molar-refractivity contribution in [1.82, 2.24) is 5.32 Å². The van der Waals surface area contributed by atoms with Crippen LogP contribution in [0.2, 0.25) is 0 Å². The van der Waals surface area contributed by atoms with Gasteiger partial charge in [0.25, 0.3) is 0 Å². The molecule has 1 unspecified atom stereocenters. The van der Waals surface area contributed by atoms with Crippen LogP contribution in [0.1, 0.15) is 51.5 Å². The number of hydrogen-bond acceptors (Lipinski definition) is 2. The molecule has 1 radical (unpaired) electrons. The number of benzene rings is 1. The number of alkyl halides is 4. The maximum atomic E-state index is 13.2. The Kier molecular flexibility index (Phi) is 7.99. The summed E-state index contributed by atoms with van der Waals surface area (Å²) in [5.41, 5.74) is -0.462. The summed E-state index contributed by atoms with van der Waals surface area (Å²) >= 11 is 5.91. The Balaban J connectivity index is 2.37. The van der Waals surface area contributed by atoms with Crippen LogP contribution in [0.4, 0.5) is 18.9 Å². The summed E-state index contributed by atoms with van der Waals surface area (Å²) in [4.78, 5) is 14.5. The van der Waals surface area contributed by atoms with Gasteiger partial charge in [0, 0.05) is 0 Å². The third-order valence-corrected chi connectivity index (χ3v) is 5.30. The van der Waals surface area contributed by atoms with Gasteiger partial charge in [-0.2, -0.15) is 0 Å². The molecule has 1 saturated carbocycles. The normalized spacial score (nSPS) is 16.6. The zero-order valence-electron chi connectivity index (χ0n) is 16.2. The summed E-state index contributed by atoms with van der Waals surface area (Å²) in [6.45, 7) is 3.68. The van der Waals surface area contributed by atoms with Crippen molar-refractivity contribution in [2.24, 2.45) is 5.92 Å². The molecule has 2 rings (SSSR count). The fraction of sp³-hybridized carbons (Fsp3) is 0.600. The Hall–Kier alpha value is -1.50. The molecule has 1 aromatic rings. The fourth-order valence-corrected chi connectivity index (χ4v) is 3.78.